The summed E-state index contributed by atoms with van der Waals surface area (Å²) in [4.78, 5) is 13.5. The molecule has 1 aliphatic carbocycles. The lowest BCUT2D eigenvalue weighted by atomic mass is 9.94. The third-order valence-electron chi connectivity index (χ3n) is 4.72. The molecule has 6 nitrogen and oxygen atoms in total. The van der Waals surface area contributed by atoms with Crippen molar-refractivity contribution in [3.8, 4) is 0 Å². The first-order valence-corrected chi connectivity index (χ1v) is 10.4. The van der Waals surface area contributed by atoms with Crippen molar-refractivity contribution in [1.29, 1.82) is 0 Å². The standard InChI is InChI=1S/C17H26ClN3O3S/c1-20(2)25(23,24)16-11-13(9-10-15(16)18)19-17(22)12-21(3)14-7-5-4-6-8-14/h9-11,14H,4-8,12H2,1-3H3,(H,19,22)/p+1. The molecule has 0 bridgehead atoms. The highest BCUT2D eigenvalue weighted by Gasteiger charge is 2.24. The minimum absolute atomic E-state index is 0.00931. The number of carbonyl (C=O) groups is 1. The molecule has 1 aliphatic rings. The molecule has 1 amide bonds. The van der Waals surface area contributed by atoms with Crippen LogP contribution in [0.15, 0.2) is 23.1 Å². The number of amides is 1. The van der Waals surface area contributed by atoms with Gasteiger partial charge in [-0.1, -0.05) is 18.0 Å². The van der Waals surface area contributed by atoms with Gasteiger partial charge >= 0.3 is 0 Å². The van der Waals surface area contributed by atoms with Gasteiger partial charge in [-0.15, -0.1) is 0 Å². The third-order valence-corrected chi connectivity index (χ3v) is 7.01. The number of hydrogen-bond donors (Lipinski definition) is 2. The van der Waals surface area contributed by atoms with Crippen LogP contribution in [-0.2, 0) is 14.8 Å². The highest BCUT2D eigenvalue weighted by atomic mass is 35.5. The lowest BCUT2D eigenvalue weighted by molar-refractivity contribution is -0.899. The van der Waals surface area contributed by atoms with E-state index in [1.165, 1.54) is 50.4 Å². The van der Waals surface area contributed by atoms with Crippen LogP contribution in [0.5, 0.6) is 0 Å². The van der Waals surface area contributed by atoms with Crippen LogP contribution in [0.1, 0.15) is 32.1 Å². The Bertz CT molecular complexity index is 716. The van der Waals surface area contributed by atoms with Crippen molar-refractivity contribution in [2.24, 2.45) is 0 Å². The zero-order chi connectivity index (χ0) is 18.6. The molecular weight excluding hydrogens is 362 g/mol. The van der Waals surface area contributed by atoms with E-state index >= 15 is 0 Å². The van der Waals surface area contributed by atoms with Gasteiger partial charge in [0.1, 0.15) is 4.90 Å². The molecule has 2 rings (SSSR count). The molecule has 1 aromatic carbocycles. The minimum Gasteiger partial charge on any atom is -0.327 e. The first-order valence-electron chi connectivity index (χ1n) is 8.56. The van der Waals surface area contributed by atoms with Crippen LogP contribution < -0.4 is 10.2 Å². The maximum absolute atomic E-state index is 12.3. The van der Waals surface area contributed by atoms with Crippen molar-refractivity contribution >= 4 is 33.2 Å². The molecule has 0 saturated heterocycles. The normalized spacial score (nSPS) is 17.5. The Morgan fingerprint density at radius 3 is 2.52 bits per heavy atom. The molecule has 1 fully saturated rings. The number of benzene rings is 1. The van der Waals surface area contributed by atoms with Crippen LogP contribution in [0.2, 0.25) is 5.02 Å². The van der Waals surface area contributed by atoms with E-state index in [1.807, 2.05) is 7.05 Å². The van der Waals surface area contributed by atoms with E-state index < -0.39 is 10.0 Å². The first-order chi connectivity index (χ1) is 11.7. The van der Waals surface area contributed by atoms with E-state index in [0.29, 0.717) is 18.3 Å². The van der Waals surface area contributed by atoms with Crippen LogP contribution in [0.25, 0.3) is 0 Å². The molecule has 1 unspecified atom stereocenters. The van der Waals surface area contributed by atoms with Gasteiger partial charge in [0, 0.05) is 19.8 Å². The number of carbonyl (C=O) groups excluding carboxylic acids is 1. The summed E-state index contributed by atoms with van der Waals surface area (Å²) in [6.07, 6.45) is 6.06. The summed E-state index contributed by atoms with van der Waals surface area (Å²) < 4.78 is 25.7. The fourth-order valence-corrected chi connectivity index (χ4v) is 4.57. The maximum atomic E-state index is 12.3. The Hall–Kier alpha value is -1.15. The molecule has 0 radical (unpaired) electrons. The number of nitrogens with one attached hydrogen (secondary N) is 2. The summed E-state index contributed by atoms with van der Waals surface area (Å²) in [5.74, 6) is -0.126. The van der Waals surface area contributed by atoms with Crippen LogP contribution in [0.4, 0.5) is 5.69 Å². The smallest absolute Gasteiger partial charge is 0.279 e. The van der Waals surface area contributed by atoms with Crippen molar-refractivity contribution in [2.75, 3.05) is 33.0 Å². The van der Waals surface area contributed by atoms with Crippen LogP contribution >= 0.6 is 11.6 Å². The Balaban J connectivity index is 2.06. The van der Waals surface area contributed by atoms with Crippen molar-refractivity contribution in [1.82, 2.24) is 4.31 Å². The SMILES string of the molecule is CN(C)S(=O)(=O)c1cc(NC(=O)C[NH+](C)C2CCCCC2)ccc1Cl. The molecule has 1 saturated carbocycles. The topological polar surface area (TPSA) is 70.9 Å². The number of hydrogen-bond acceptors (Lipinski definition) is 3. The Morgan fingerprint density at radius 1 is 1.28 bits per heavy atom. The Labute approximate surface area is 155 Å². The van der Waals surface area contributed by atoms with Gasteiger partial charge in [0.15, 0.2) is 6.54 Å². The molecule has 140 valence electrons. The number of likely N-dealkylation sites (N-methyl/N-ethyl adjacent to an activating group) is 1. The van der Waals surface area contributed by atoms with Gasteiger partial charge in [-0.3, -0.25) is 4.79 Å². The summed E-state index contributed by atoms with van der Waals surface area (Å²) in [5.41, 5.74) is 0.436. The molecule has 25 heavy (non-hydrogen) atoms. The Morgan fingerprint density at radius 2 is 1.92 bits per heavy atom. The van der Waals surface area contributed by atoms with E-state index in [2.05, 4.69) is 5.32 Å². The fourth-order valence-electron chi connectivity index (χ4n) is 3.17. The number of quaternary nitrogens is 1. The molecular formula is C17H27ClN3O3S+. The van der Waals surface area contributed by atoms with Crippen LogP contribution in [0, 0.1) is 0 Å². The van der Waals surface area contributed by atoms with Crippen LogP contribution in [-0.4, -0.2) is 52.4 Å². The van der Waals surface area contributed by atoms with E-state index in [-0.39, 0.29) is 15.8 Å². The zero-order valence-corrected chi connectivity index (χ0v) is 16.6. The second kappa shape index (κ2) is 8.49. The van der Waals surface area contributed by atoms with Crippen LogP contribution in [0.3, 0.4) is 0 Å². The second-order valence-corrected chi connectivity index (χ2v) is 9.37. The summed E-state index contributed by atoms with van der Waals surface area (Å²) in [5, 5.41) is 2.92. The van der Waals surface area contributed by atoms with Gasteiger partial charge in [0.25, 0.3) is 5.91 Å². The average Bonchev–Trinajstić information content (AvgIpc) is 2.57. The van der Waals surface area contributed by atoms with Gasteiger partial charge < -0.3 is 10.2 Å². The van der Waals surface area contributed by atoms with Crippen molar-refractivity contribution < 1.29 is 18.1 Å². The monoisotopic (exact) mass is 388 g/mol. The molecule has 0 aromatic heterocycles. The fraction of sp³-hybridized carbons (Fsp3) is 0.588. The molecule has 2 N–H and O–H groups in total. The van der Waals surface area contributed by atoms with Gasteiger partial charge in [-0.2, -0.15) is 0 Å². The van der Waals surface area contributed by atoms with E-state index in [4.69, 9.17) is 11.6 Å². The summed E-state index contributed by atoms with van der Waals surface area (Å²) in [6.45, 7) is 0.364. The molecule has 0 aliphatic heterocycles. The first kappa shape index (κ1) is 20.2. The summed E-state index contributed by atoms with van der Waals surface area (Å²) in [7, 11) is 1.27. The highest BCUT2D eigenvalue weighted by Crippen LogP contribution is 2.26. The van der Waals surface area contributed by atoms with Crippen molar-refractivity contribution in [2.45, 2.75) is 43.0 Å². The van der Waals surface area contributed by atoms with Gasteiger partial charge in [-0.25, -0.2) is 12.7 Å². The van der Waals surface area contributed by atoms with E-state index in [0.717, 1.165) is 17.1 Å². The lowest BCUT2D eigenvalue weighted by Crippen LogP contribution is -3.14. The highest BCUT2D eigenvalue weighted by molar-refractivity contribution is 7.89. The zero-order valence-electron chi connectivity index (χ0n) is 15.0. The van der Waals surface area contributed by atoms with Gasteiger partial charge in [0.05, 0.1) is 18.1 Å². The third kappa shape index (κ3) is 5.17. The predicted molar refractivity (Wildman–Crippen MR) is 99.6 cm³/mol. The number of sulfonamides is 1. The molecule has 1 aromatic rings. The molecule has 8 heteroatoms. The lowest BCUT2D eigenvalue weighted by Gasteiger charge is -2.27. The minimum atomic E-state index is -3.66. The van der Waals surface area contributed by atoms with E-state index in [9.17, 15) is 13.2 Å². The summed E-state index contributed by atoms with van der Waals surface area (Å²) >= 11 is 6.02. The summed E-state index contributed by atoms with van der Waals surface area (Å²) in [6, 6.07) is 5.04. The quantitative estimate of drug-likeness (QED) is 0.773. The molecule has 0 heterocycles. The van der Waals surface area contributed by atoms with Gasteiger partial charge in [0.2, 0.25) is 10.0 Å². The second-order valence-electron chi connectivity index (χ2n) is 6.84. The maximum Gasteiger partial charge on any atom is 0.279 e. The van der Waals surface area contributed by atoms with Crippen molar-refractivity contribution in [3.63, 3.8) is 0 Å². The Kier molecular flexibility index (Phi) is 6.85. The average molecular weight is 389 g/mol. The number of rotatable bonds is 6. The number of nitrogens with zero attached hydrogens (tertiary/aromatic N) is 1. The number of halogens is 1. The van der Waals surface area contributed by atoms with Crippen molar-refractivity contribution in [3.05, 3.63) is 23.2 Å². The number of anilines is 1. The molecule has 0 spiro atoms. The molecule has 1 atom stereocenters. The largest absolute Gasteiger partial charge is 0.327 e. The van der Waals surface area contributed by atoms with E-state index in [1.54, 1.807) is 6.07 Å². The predicted octanol–water partition coefficient (Wildman–Crippen LogP) is 1.38. The van der Waals surface area contributed by atoms with Gasteiger partial charge in [-0.05, 0) is 43.9 Å².